The summed E-state index contributed by atoms with van der Waals surface area (Å²) in [7, 11) is 0. The molecule has 200 valence electrons. The van der Waals surface area contributed by atoms with Crippen molar-refractivity contribution < 1.29 is 9.53 Å². The summed E-state index contributed by atoms with van der Waals surface area (Å²) < 4.78 is 6.06. The third-order valence-corrected chi connectivity index (χ3v) is 6.53. The Labute approximate surface area is 235 Å². The van der Waals surface area contributed by atoms with Crippen molar-refractivity contribution in [2.75, 3.05) is 26.2 Å². The van der Waals surface area contributed by atoms with Crippen molar-refractivity contribution in [3.05, 3.63) is 87.9 Å². The molecule has 1 saturated heterocycles. The van der Waals surface area contributed by atoms with Crippen LogP contribution in [0, 0.1) is 0 Å². The molecule has 6 nitrogen and oxygen atoms in total. The highest BCUT2D eigenvalue weighted by atomic mass is 35.5. The second-order valence-corrected chi connectivity index (χ2v) is 11.2. The first kappa shape index (κ1) is 28.1. The first-order valence-corrected chi connectivity index (χ1v) is 13.5. The average Bonchev–Trinajstić information content (AvgIpc) is 3.05. The standard InChI is InChI=1S/C17H16ClN3O.C13H18ClNO/c18-12-5-6-15-13(11-12)17(21-9-7-19-8-10-21)20-14-3-1-2-4-16(14)22-15;1-9(15-13(2,3)4)12(16)10-6-5-7-11(14)8-10/h1-6,11,19H,7-10H2;5-9,15H,1-4H3. The Morgan fingerprint density at radius 3 is 2.39 bits per heavy atom. The number of carbonyl (C=O) groups is 1. The van der Waals surface area contributed by atoms with Crippen molar-refractivity contribution in [3.8, 4) is 11.5 Å². The van der Waals surface area contributed by atoms with Crippen LogP contribution in [0.2, 0.25) is 10.0 Å². The fourth-order valence-corrected chi connectivity index (χ4v) is 4.78. The number of fused-ring (bicyclic) bond motifs is 2. The summed E-state index contributed by atoms with van der Waals surface area (Å²) in [5.41, 5.74) is 2.37. The third-order valence-electron chi connectivity index (χ3n) is 6.06. The molecule has 1 unspecified atom stereocenters. The van der Waals surface area contributed by atoms with Crippen LogP contribution >= 0.6 is 23.2 Å². The number of ketones is 1. The lowest BCUT2D eigenvalue weighted by atomic mass is 10.0. The third kappa shape index (κ3) is 7.35. The van der Waals surface area contributed by atoms with Crippen LogP contribution in [0.15, 0.2) is 71.7 Å². The number of aliphatic imine (C=N–C) groups is 1. The van der Waals surface area contributed by atoms with Gasteiger partial charge in [-0.05, 0) is 70.2 Å². The zero-order valence-corrected chi connectivity index (χ0v) is 23.7. The van der Waals surface area contributed by atoms with E-state index in [1.807, 2.05) is 70.2 Å². The van der Waals surface area contributed by atoms with Crippen LogP contribution in [-0.2, 0) is 0 Å². The number of rotatable bonds is 3. The van der Waals surface area contributed by atoms with Crippen LogP contribution < -0.4 is 15.4 Å². The lowest BCUT2D eigenvalue weighted by molar-refractivity contribution is 0.0935. The van der Waals surface area contributed by atoms with Crippen LogP contribution in [0.25, 0.3) is 0 Å². The van der Waals surface area contributed by atoms with E-state index in [2.05, 4.69) is 15.5 Å². The van der Waals surface area contributed by atoms with Gasteiger partial charge in [0.1, 0.15) is 17.3 Å². The van der Waals surface area contributed by atoms with E-state index in [1.54, 1.807) is 24.3 Å². The number of amidine groups is 1. The molecule has 3 aromatic rings. The number of ether oxygens (including phenoxy) is 1. The summed E-state index contributed by atoms with van der Waals surface area (Å²) in [6.45, 7) is 11.7. The summed E-state index contributed by atoms with van der Waals surface area (Å²) in [6, 6.07) is 20.4. The van der Waals surface area contributed by atoms with Crippen molar-refractivity contribution in [1.82, 2.24) is 15.5 Å². The molecular weight excluding hydrogens is 519 g/mol. The maximum absolute atomic E-state index is 12.1. The molecule has 2 heterocycles. The minimum Gasteiger partial charge on any atom is -0.454 e. The molecule has 2 aliphatic heterocycles. The second-order valence-electron chi connectivity index (χ2n) is 10.4. The van der Waals surface area contributed by atoms with Crippen LogP contribution in [0.4, 0.5) is 5.69 Å². The molecule has 2 N–H and O–H groups in total. The Bertz CT molecular complexity index is 1310. The molecule has 0 spiro atoms. The van der Waals surface area contributed by atoms with Gasteiger partial charge in [0, 0.05) is 47.3 Å². The zero-order valence-electron chi connectivity index (χ0n) is 22.2. The van der Waals surface area contributed by atoms with Gasteiger partial charge in [-0.2, -0.15) is 0 Å². The van der Waals surface area contributed by atoms with Crippen molar-refractivity contribution in [2.45, 2.75) is 39.3 Å². The average molecular weight is 554 g/mol. The topological polar surface area (TPSA) is 66.0 Å². The SMILES string of the molecule is CC(NC(C)(C)C)C(=O)c1cccc(Cl)c1.Clc1ccc2c(c1)C(N1CCNCC1)=Nc1ccccc1O2. The molecule has 5 rings (SSSR count). The molecule has 8 heteroatoms. The van der Waals surface area contributed by atoms with Crippen LogP contribution in [0.5, 0.6) is 11.5 Å². The van der Waals surface area contributed by atoms with Gasteiger partial charge in [-0.1, -0.05) is 47.5 Å². The number of piperazine rings is 1. The Balaban J connectivity index is 0.000000188. The quantitative estimate of drug-likeness (QED) is 0.352. The molecule has 3 aromatic carbocycles. The molecule has 0 saturated carbocycles. The van der Waals surface area contributed by atoms with E-state index in [0.29, 0.717) is 15.6 Å². The summed E-state index contributed by atoms with van der Waals surface area (Å²) in [5.74, 6) is 2.57. The predicted octanol–water partition coefficient (Wildman–Crippen LogP) is 6.73. The summed E-state index contributed by atoms with van der Waals surface area (Å²) in [6.07, 6.45) is 0. The highest BCUT2D eigenvalue weighted by molar-refractivity contribution is 6.31. The number of hydrogen-bond acceptors (Lipinski definition) is 6. The van der Waals surface area contributed by atoms with E-state index < -0.39 is 0 Å². The van der Waals surface area contributed by atoms with Crippen molar-refractivity contribution in [3.63, 3.8) is 0 Å². The number of para-hydroxylation sites is 2. The number of carbonyl (C=O) groups excluding carboxylic acids is 1. The summed E-state index contributed by atoms with van der Waals surface area (Å²) in [5, 5.41) is 7.90. The van der Waals surface area contributed by atoms with Crippen LogP contribution in [-0.4, -0.2) is 54.3 Å². The highest BCUT2D eigenvalue weighted by Crippen LogP contribution is 2.38. The number of hydrogen-bond donors (Lipinski definition) is 2. The van der Waals surface area contributed by atoms with E-state index in [9.17, 15) is 4.79 Å². The monoisotopic (exact) mass is 552 g/mol. The Morgan fingerprint density at radius 2 is 1.68 bits per heavy atom. The van der Waals surface area contributed by atoms with Gasteiger partial charge in [-0.25, -0.2) is 4.99 Å². The largest absolute Gasteiger partial charge is 0.454 e. The van der Waals surface area contributed by atoms with Gasteiger partial charge in [0.25, 0.3) is 0 Å². The summed E-state index contributed by atoms with van der Waals surface area (Å²) >= 11 is 12.1. The lowest BCUT2D eigenvalue weighted by Crippen LogP contribution is -2.46. The van der Waals surface area contributed by atoms with Crippen LogP contribution in [0.1, 0.15) is 43.6 Å². The predicted molar refractivity (Wildman–Crippen MR) is 157 cm³/mol. The number of halogens is 2. The van der Waals surface area contributed by atoms with Gasteiger partial charge < -0.3 is 20.3 Å². The van der Waals surface area contributed by atoms with Crippen molar-refractivity contribution in [2.24, 2.45) is 4.99 Å². The number of nitrogens with one attached hydrogen (secondary N) is 2. The minimum absolute atomic E-state index is 0.0671. The normalized spacial score (nSPS) is 15.5. The van der Waals surface area contributed by atoms with Crippen LogP contribution in [0.3, 0.4) is 0 Å². The van der Waals surface area contributed by atoms with E-state index in [4.69, 9.17) is 32.9 Å². The Kier molecular flexibility index (Phi) is 9.11. The number of benzene rings is 3. The van der Waals surface area contributed by atoms with Gasteiger partial charge in [0.05, 0.1) is 11.6 Å². The van der Waals surface area contributed by atoms with Gasteiger partial charge in [-0.3, -0.25) is 4.79 Å². The molecule has 38 heavy (non-hydrogen) atoms. The second kappa shape index (κ2) is 12.3. The molecule has 2 aliphatic rings. The number of Topliss-reactive ketones (excluding diaryl/α,β-unsaturated/α-hetero) is 1. The molecule has 0 radical (unpaired) electrons. The van der Waals surface area contributed by atoms with E-state index >= 15 is 0 Å². The Morgan fingerprint density at radius 1 is 0.974 bits per heavy atom. The maximum Gasteiger partial charge on any atom is 0.179 e. The molecular formula is C30H34Cl2N4O2. The number of nitrogens with zero attached hydrogens (tertiary/aromatic N) is 2. The first-order chi connectivity index (χ1) is 18.1. The fraction of sp³-hybridized carbons (Fsp3) is 0.333. The van der Waals surface area contributed by atoms with E-state index in [1.165, 1.54) is 0 Å². The van der Waals surface area contributed by atoms with Gasteiger partial charge in [-0.15, -0.1) is 0 Å². The Hall–Kier alpha value is -2.90. The first-order valence-electron chi connectivity index (χ1n) is 12.8. The highest BCUT2D eigenvalue weighted by Gasteiger charge is 2.24. The van der Waals surface area contributed by atoms with Gasteiger partial charge in [0.15, 0.2) is 11.5 Å². The maximum atomic E-state index is 12.1. The molecule has 0 bridgehead atoms. The van der Waals surface area contributed by atoms with E-state index in [0.717, 1.165) is 54.8 Å². The van der Waals surface area contributed by atoms with Gasteiger partial charge in [0.2, 0.25) is 0 Å². The van der Waals surface area contributed by atoms with Crippen molar-refractivity contribution in [1.29, 1.82) is 0 Å². The minimum atomic E-state index is -0.210. The fourth-order valence-electron chi connectivity index (χ4n) is 4.42. The smallest absolute Gasteiger partial charge is 0.179 e. The lowest BCUT2D eigenvalue weighted by Gasteiger charge is -2.30. The van der Waals surface area contributed by atoms with Crippen molar-refractivity contribution >= 4 is 40.5 Å². The van der Waals surface area contributed by atoms with Gasteiger partial charge >= 0.3 is 0 Å². The van der Waals surface area contributed by atoms with E-state index in [-0.39, 0.29) is 17.4 Å². The molecule has 1 fully saturated rings. The summed E-state index contributed by atoms with van der Waals surface area (Å²) in [4.78, 5) is 19.2. The molecule has 0 aliphatic carbocycles. The molecule has 0 amide bonds. The molecule has 0 aromatic heterocycles. The zero-order chi connectivity index (χ0) is 27.3. The molecule has 1 atom stereocenters.